The largest absolute Gasteiger partial charge is 0.509 e. The lowest BCUT2D eigenvalue weighted by Gasteiger charge is -2.03. The van der Waals surface area contributed by atoms with Crippen LogP contribution in [0.25, 0.3) is 0 Å². The normalized spacial score (nSPS) is 12.3. The van der Waals surface area contributed by atoms with Crippen LogP contribution in [0.3, 0.4) is 0 Å². The Morgan fingerprint density at radius 2 is 2.06 bits per heavy atom. The van der Waals surface area contributed by atoms with Gasteiger partial charge in [-0.05, 0) is 19.1 Å². The molecule has 0 spiro atoms. The molecular weight excluding hydrogens is 300 g/mol. The molecule has 0 aromatic heterocycles. The highest BCUT2D eigenvalue weighted by Crippen LogP contribution is 2.15. The number of carbonyl (C=O) groups is 1. The molecule has 6 heteroatoms. The van der Waals surface area contributed by atoms with Crippen LogP contribution in [0.2, 0.25) is 0 Å². The zero-order valence-electron chi connectivity index (χ0n) is 9.84. The van der Waals surface area contributed by atoms with Gasteiger partial charge in [-0.25, -0.2) is 4.79 Å². The molecule has 0 heterocycles. The lowest BCUT2D eigenvalue weighted by Crippen LogP contribution is -2.09. The first-order valence-corrected chi connectivity index (χ1v) is 6.43. The van der Waals surface area contributed by atoms with Crippen molar-refractivity contribution < 1.29 is 14.6 Å². The fourth-order valence-electron chi connectivity index (χ4n) is 1.08. The van der Waals surface area contributed by atoms with Crippen molar-refractivity contribution in [1.82, 2.24) is 0 Å². The minimum Gasteiger partial charge on any atom is -0.509 e. The van der Waals surface area contributed by atoms with E-state index in [4.69, 9.17) is 4.74 Å². The number of esters is 1. The molecule has 0 saturated heterocycles. The quantitative estimate of drug-likeness (QED) is 0.297. The van der Waals surface area contributed by atoms with E-state index in [-0.39, 0.29) is 23.4 Å². The van der Waals surface area contributed by atoms with Crippen molar-refractivity contribution in [3.05, 3.63) is 41.8 Å². The molecule has 0 bridgehead atoms. The molecule has 5 nitrogen and oxygen atoms in total. The summed E-state index contributed by atoms with van der Waals surface area (Å²) in [5.74, 6) is -0.915. The molecule has 0 aliphatic carbocycles. The third-order valence-corrected chi connectivity index (χ3v) is 2.42. The number of halogens is 1. The van der Waals surface area contributed by atoms with Crippen molar-refractivity contribution in [2.45, 2.75) is 6.92 Å². The number of azo groups is 1. The summed E-state index contributed by atoms with van der Waals surface area (Å²) in [6.07, 6.45) is 0. The fourth-order valence-corrected chi connectivity index (χ4v) is 1.35. The molecule has 1 aromatic rings. The van der Waals surface area contributed by atoms with E-state index in [0.717, 1.165) is 0 Å². The minimum absolute atomic E-state index is 0.106. The third kappa shape index (κ3) is 4.29. The number of benzene rings is 1. The van der Waals surface area contributed by atoms with Crippen LogP contribution in [-0.4, -0.2) is 23.0 Å². The topological polar surface area (TPSA) is 71.2 Å². The van der Waals surface area contributed by atoms with Gasteiger partial charge in [-0.3, -0.25) is 0 Å². The van der Waals surface area contributed by atoms with Crippen molar-refractivity contribution in [2.75, 3.05) is 11.9 Å². The average molecular weight is 313 g/mol. The Balaban J connectivity index is 2.93. The van der Waals surface area contributed by atoms with Crippen molar-refractivity contribution in [2.24, 2.45) is 10.2 Å². The van der Waals surface area contributed by atoms with Crippen LogP contribution in [0.1, 0.15) is 6.92 Å². The molecule has 0 radical (unpaired) electrons. The van der Waals surface area contributed by atoms with Crippen molar-refractivity contribution in [3.63, 3.8) is 0 Å². The molecule has 96 valence electrons. The second-order valence-electron chi connectivity index (χ2n) is 3.18. The van der Waals surface area contributed by atoms with E-state index in [9.17, 15) is 9.90 Å². The number of nitrogens with zero attached hydrogens (tertiary/aromatic N) is 2. The lowest BCUT2D eigenvalue weighted by atomic mass is 10.3. The van der Waals surface area contributed by atoms with Gasteiger partial charge >= 0.3 is 5.97 Å². The Labute approximate surface area is 113 Å². The van der Waals surface area contributed by atoms with Crippen molar-refractivity contribution >= 4 is 27.6 Å². The number of ether oxygens (including phenoxy) is 1. The highest BCUT2D eigenvalue weighted by atomic mass is 79.9. The number of carbonyl (C=O) groups excluding carboxylic acids is 1. The van der Waals surface area contributed by atoms with Gasteiger partial charge in [0.15, 0.2) is 0 Å². The van der Waals surface area contributed by atoms with E-state index in [1.807, 2.05) is 6.07 Å². The molecule has 0 saturated carbocycles. The van der Waals surface area contributed by atoms with Gasteiger partial charge in [0.05, 0.1) is 17.6 Å². The van der Waals surface area contributed by atoms with Gasteiger partial charge < -0.3 is 9.84 Å². The summed E-state index contributed by atoms with van der Waals surface area (Å²) in [6, 6.07) is 8.91. The summed E-state index contributed by atoms with van der Waals surface area (Å²) < 4.78 is 4.78. The lowest BCUT2D eigenvalue weighted by molar-refractivity contribution is -0.138. The van der Waals surface area contributed by atoms with E-state index in [1.165, 1.54) is 0 Å². The number of hydrogen-bond donors (Lipinski definition) is 1. The monoisotopic (exact) mass is 312 g/mol. The van der Waals surface area contributed by atoms with Crippen molar-refractivity contribution in [1.29, 1.82) is 0 Å². The maximum Gasteiger partial charge on any atom is 0.362 e. The Morgan fingerprint density at radius 1 is 1.39 bits per heavy atom. The molecule has 0 unspecified atom stereocenters. The first kappa shape index (κ1) is 14.4. The molecular formula is C12H13BrN2O3. The first-order valence-electron chi connectivity index (χ1n) is 5.31. The highest BCUT2D eigenvalue weighted by Gasteiger charge is 2.15. The number of hydrogen-bond acceptors (Lipinski definition) is 5. The molecule has 1 rings (SSSR count). The van der Waals surface area contributed by atoms with E-state index in [1.54, 1.807) is 31.2 Å². The molecule has 1 aromatic carbocycles. The van der Waals surface area contributed by atoms with E-state index in [2.05, 4.69) is 26.2 Å². The number of alkyl halides is 1. The van der Waals surface area contributed by atoms with Crippen LogP contribution in [0.5, 0.6) is 0 Å². The molecule has 1 N–H and O–H groups in total. The minimum atomic E-state index is -0.700. The van der Waals surface area contributed by atoms with Crippen molar-refractivity contribution in [3.8, 4) is 0 Å². The zero-order chi connectivity index (χ0) is 13.4. The smallest absolute Gasteiger partial charge is 0.362 e. The van der Waals surface area contributed by atoms with Crippen LogP contribution in [0.15, 0.2) is 52.0 Å². The van der Waals surface area contributed by atoms with E-state index < -0.39 is 5.97 Å². The summed E-state index contributed by atoms with van der Waals surface area (Å²) in [5.41, 5.74) is 0.388. The first-order chi connectivity index (χ1) is 8.69. The standard InChI is InChI=1S/C12H13BrN2O3/c1-2-18-12(17)11(10(16)8-13)15-14-9-6-4-3-5-7-9/h3-7,16H,2,8H2,1H3. The Hall–Kier alpha value is -1.69. The Morgan fingerprint density at radius 3 is 2.61 bits per heavy atom. The summed E-state index contributed by atoms with van der Waals surface area (Å²) in [7, 11) is 0. The van der Waals surface area contributed by atoms with Gasteiger partial charge in [0, 0.05) is 0 Å². The SMILES string of the molecule is CCOC(=O)C(N=Nc1ccccc1)=C(O)CBr. The van der Waals surface area contributed by atoms with Crippen LogP contribution in [0, 0.1) is 0 Å². The van der Waals surface area contributed by atoms with Crippen LogP contribution < -0.4 is 0 Å². The molecule has 0 aliphatic heterocycles. The van der Waals surface area contributed by atoms with Gasteiger partial charge in [0.2, 0.25) is 5.70 Å². The predicted molar refractivity (Wildman–Crippen MR) is 71.0 cm³/mol. The fraction of sp³-hybridized carbons (Fsp3) is 0.250. The third-order valence-electron chi connectivity index (χ3n) is 1.89. The number of rotatable bonds is 5. The molecule has 0 fully saturated rings. The summed E-state index contributed by atoms with van der Waals surface area (Å²) >= 11 is 3.04. The predicted octanol–water partition coefficient (Wildman–Crippen LogP) is 3.50. The van der Waals surface area contributed by atoms with Gasteiger partial charge in [-0.1, -0.05) is 34.1 Å². The summed E-state index contributed by atoms with van der Waals surface area (Å²) in [5, 5.41) is 17.3. The number of allylic oxidation sites excluding steroid dienone is 1. The second kappa shape index (κ2) is 7.60. The Bertz CT molecular complexity index is 458. The maximum absolute atomic E-state index is 11.6. The zero-order valence-corrected chi connectivity index (χ0v) is 11.4. The Kier molecular flexibility index (Phi) is 6.07. The van der Waals surface area contributed by atoms with Crippen LogP contribution in [0.4, 0.5) is 5.69 Å². The molecule has 0 aliphatic rings. The van der Waals surface area contributed by atoms with Crippen LogP contribution in [-0.2, 0) is 9.53 Å². The maximum atomic E-state index is 11.6. The second-order valence-corrected chi connectivity index (χ2v) is 3.75. The van der Waals surface area contributed by atoms with Gasteiger partial charge in [0.25, 0.3) is 0 Å². The van der Waals surface area contributed by atoms with Gasteiger partial charge in [-0.2, -0.15) is 5.11 Å². The highest BCUT2D eigenvalue weighted by molar-refractivity contribution is 9.09. The van der Waals surface area contributed by atoms with Gasteiger partial charge in [-0.15, -0.1) is 5.11 Å². The van der Waals surface area contributed by atoms with Gasteiger partial charge in [0.1, 0.15) is 5.76 Å². The van der Waals surface area contributed by atoms with E-state index >= 15 is 0 Å². The summed E-state index contributed by atoms with van der Waals surface area (Å²) in [6.45, 7) is 1.88. The molecule has 0 atom stereocenters. The average Bonchev–Trinajstić information content (AvgIpc) is 2.40. The summed E-state index contributed by atoms with van der Waals surface area (Å²) in [4.78, 5) is 11.6. The van der Waals surface area contributed by atoms with Crippen LogP contribution >= 0.6 is 15.9 Å². The van der Waals surface area contributed by atoms with E-state index in [0.29, 0.717) is 5.69 Å². The molecule has 18 heavy (non-hydrogen) atoms. The number of aliphatic hydroxyl groups excluding tert-OH is 1. The molecule has 0 amide bonds. The number of aliphatic hydroxyl groups is 1.